The zero-order chi connectivity index (χ0) is 16.1. The van der Waals surface area contributed by atoms with Gasteiger partial charge in [0.05, 0.1) is 25.5 Å². The largest absolute Gasteiger partial charge is 0.448 e. The summed E-state index contributed by atoms with van der Waals surface area (Å²) in [6.07, 6.45) is 0. The molecule has 0 saturated carbocycles. The number of hydrogen-bond donors (Lipinski definition) is 0. The van der Waals surface area contributed by atoms with Crippen LogP contribution >= 0.6 is 9.47 Å². The number of non-ortho nitro benzene ring substituents is 1. The Bertz CT molecular complexity index is 728. The summed E-state index contributed by atoms with van der Waals surface area (Å²) >= 11 is 0. The zero-order valence-electron chi connectivity index (χ0n) is 11.1. The molecule has 7 nitrogen and oxygen atoms in total. The van der Waals surface area contributed by atoms with E-state index in [0.29, 0.717) is 0 Å². The van der Waals surface area contributed by atoms with Crippen LogP contribution in [-0.2, 0) is 4.52 Å². The van der Waals surface area contributed by atoms with Crippen molar-refractivity contribution in [2.45, 2.75) is 0 Å². The molecule has 0 radical (unpaired) electrons. The summed E-state index contributed by atoms with van der Waals surface area (Å²) in [7, 11) is 1.81. The predicted molar refractivity (Wildman–Crippen MR) is 79.6 cm³/mol. The summed E-state index contributed by atoms with van der Waals surface area (Å²) in [5, 5.41) is 10.6. The third kappa shape index (κ3) is 3.45. The van der Waals surface area contributed by atoms with E-state index in [0.717, 1.165) is 0 Å². The first-order valence-corrected chi connectivity index (χ1v) is 6.47. The summed E-state index contributed by atoms with van der Waals surface area (Å²) in [4.78, 5) is 33.7. The van der Waals surface area contributed by atoms with Crippen molar-refractivity contribution in [3.8, 4) is 5.75 Å². The van der Waals surface area contributed by atoms with Gasteiger partial charge in [0.25, 0.3) is 5.69 Å². The monoisotopic (exact) mass is 319 g/mol. The quantitative estimate of drug-likeness (QED) is 0.283. The van der Waals surface area contributed by atoms with E-state index in [1.54, 1.807) is 12.1 Å². The van der Waals surface area contributed by atoms with Gasteiger partial charge in [0.15, 0.2) is 0 Å². The molecule has 2 aromatic rings. The van der Waals surface area contributed by atoms with E-state index in [2.05, 4.69) is 4.52 Å². The summed E-state index contributed by atoms with van der Waals surface area (Å²) < 4.78 is 9.61. The van der Waals surface area contributed by atoms with Gasteiger partial charge in [-0.3, -0.25) is 10.1 Å². The number of benzene rings is 2. The van der Waals surface area contributed by atoms with Gasteiger partial charge in [0, 0.05) is 12.1 Å². The first kappa shape index (κ1) is 15.6. The molecule has 112 valence electrons. The van der Waals surface area contributed by atoms with Gasteiger partial charge in [-0.1, -0.05) is 12.1 Å². The van der Waals surface area contributed by atoms with Crippen LogP contribution in [0.4, 0.5) is 5.69 Å². The lowest BCUT2D eigenvalue weighted by atomic mass is 10.1. The maximum Gasteiger partial charge on any atom is 0.344 e. The van der Waals surface area contributed by atoms with Crippen LogP contribution in [0, 0.1) is 10.1 Å². The van der Waals surface area contributed by atoms with E-state index in [-0.39, 0.29) is 22.6 Å². The molecule has 22 heavy (non-hydrogen) atoms. The molecular weight excluding hydrogens is 309 g/mol. The Morgan fingerprint density at radius 3 is 2.00 bits per heavy atom. The molecule has 0 aliphatic rings. The molecule has 0 fully saturated rings. The van der Waals surface area contributed by atoms with Gasteiger partial charge in [-0.25, -0.2) is 9.59 Å². The second-order valence-corrected chi connectivity index (χ2v) is 4.33. The maximum absolute atomic E-state index is 12.1. The Hall–Kier alpha value is -2.79. The molecule has 0 amide bonds. The molecule has 2 aromatic carbocycles. The standard InChI is InChI=1S/C14H10NO6P/c16-13(11-3-1-2-4-12(11)14(17)21-22)20-10-7-5-9(6-8-10)15(18)19/h1-8H,22H2. The Balaban J connectivity index is 2.22. The second-order valence-electron chi connectivity index (χ2n) is 4.09. The number of esters is 1. The number of nitrogens with zero attached hydrogens (tertiary/aromatic N) is 1. The van der Waals surface area contributed by atoms with Crippen LogP contribution in [0.2, 0.25) is 0 Å². The van der Waals surface area contributed by atoms with Crippen LogP contribution < -0.4 is 4.74 Å². The lowest BCUT2D eigenvalue weighted by Crippen LogP contribution is -2.14. The SMILES string of the molecule is O=C(OP)c1ccccc1C(=O)Oc1ccc([N+](=O)[O-])cc1. The fourth-order valence-electron chi connectivity index (χ4n) is 1.70. The highest BCUT2D eigenvalue weighted by molar-refractivity contribution is 7.10. The van der Waals surface area contributed by atoms with Gasteiger partial charge >= 0.3 is 11.9 Å². The third-order valence-electron chi connectivity index (χ3n) is 2.73. The highest BCUT2D eigenvalue weighted by Crippen LogP contribution is 2.20. The van der Waals surface area contributed by atoms with Crippen LogP contribution in [0.3, 0.4) is 0 Å². The highest BCUT2D eigenvalue weighted by atomic mass is 31.0. The minimum atomic E-state index is -0.764. The van der Waals surface area contributed by atoms with Gasteiger partial charge in [-0.15, -0.1) is 0 Å². The van der Waals surface area contributed by atoms with Crippen molar-refractivity contribution < 1.29 is 23.8 Å². The fourth-order valence-corrected chi connectivity index (χ4v) is 1.83. The van der Waals surface area contributed by atoms with Gasteiger partial charge in [-0.05, 0) is 24.3 Å². The average molecular weight is 319 g/mol. The third-order valence-corrected chi connectivity index (χ3v) is 2.95. The van der Waals surface area contributed by atoms with Crippen LogP contribution in [0.5, 0.6) is 5.75 Å². The molecule has 0 N–H and O–H groups in total. The van der Waals surface area contributed by atoms with Crippen LogP contribution in [0.1, 0.15) is 20.7 Å². The van der Waals surface area contributed by atoms with Crippen LogP contribution in [0.25, 0.3) is 0 Å². The normalized spacial score (nSPS) is 9.86. The number of carbonyl (C=O) groups is 2. The van der Waals surface area contributed by atoms with Gasteiger partial charge in [0.1, 0.15) is 5.75 Å². The number of carbonyl (C=O) groups excluding carboxylic acids is 2. The molecular formula is C14H10NO6P. The van der Waals surface area contributed by atoms with Crippen molar-refractivity contribution in [2.75, 3.05) is 0 Å². The average Bonchev–Trinajstić information content (AvgIpc) is 2.54. The lowest BCUT2D eigenvalue weighted by Gasteiger charge is -2.07. The van der Waals surface area contributed by atoms with E-state index in [1.165, 1.54) is 36.4 Å². The maximum atomic E-state index is 12.1. The minimum absolute atomic E-state index is 0.0355. The first-order valence-electron chi connectivity index (χ1n) is 5.99. The van der Waals surface area contributed by atoms with Gasteiger partial charge in [-0.2, -0.15) is 0 Å². The van der Waals surface area contributed by atoms with Crippen LogP contribution in [-0.4, -0.2) is 16.9 Å². The number of rotatable bonds is 4. The van der Waals surface area contributed by atoms with E-state index < -0.39 is 16.9 Å². The number of hydrogen-bond acceptors (Lipinski definition) is 6. The smallest absolute Gasteiger partial charge is 0.344 e. The van der Waals surface area contributed by atoms with E-state index in [1.807, 2.05) is 9.47 Å². The lowest BCUT2D eigenvalue weighted by molar-refractivity contribution is -0.384. The Morgan fingerprint density at radius 2 is 1.50 bits per heavy atom. The Labute approximate surface area is 127 Å². The van der Waals surface area contributed by atoms with E-state index in [9.17, 15) is 19.7 Å². The second kappa shape index (κ2) is 6.78. The predicted octanol–water partition coefficient (Wildman–Crippen LogP) is 2.76. The molecule has 0 heterocycles. The molecule has 2 rings (SSSR count). The van der Waals surface area contributed by atoms with E-state index in [4.69, 9.17) is 4.74 Å². The van der Waals surface area contributed by atoms with Crippen molar-refractivity contribution in [1.29, 1.82) is 0 Å². The molecule has 0 spiro atoms. The summed E-state index contributed by atoms with van der Waals surface area (Å²) in [5.41, 5.74) is -0.0236. The highest BCUT2D eigenvalue weighted by Gasteiger charge is 2.19. The van der Waals surface area contributed by atoms with Crippen molar-refractivity contribution in [3.63, 3.8) is 0 Å². The topological polar surface area (TPSA) is 95.7 Å². The summed E-state index contributed by atoms with van der Waals surface area (Å²) in [6.45, 7) is 0. The molecule has 0 saturated heterocycles. The van der Waals surface area contributed by atoms with Gasteiger partial charge < -0.3 is 9.26 Å². The molecule has 8 heteroatoms. The zero-order valence-corrected chi connectivity index (χ0v) is 12.2. The van der Waals surface area contributed by atoms with Crippen molar-refractivity contribution in [1.82, 2.24) is 0 Å². The Morgan fingerprint density at radius 1 is 0.955 bits per heavy atom. The van der Waals surface area contributed by atoms with E-state index >= 15 is 0 Å². The van der Waals surface area contributed by atoms with Gasteiger partial charge in [0.2, 0.25) is 0 Å². The summed E-state index contributed by atoms with van der Waals surface area (Å²) in [5.74, 6) is -1.33. The van der Waals surface area contributed by atoms with Crippen molar-refractivity contribution in [2.24, 2.45) is 0 Å². The molecule has 0 bridgehead atoms. The number of nitro groups is 1. The number of ether oxygens (including phenoxy) is 1. The number of nitro benzene ring substituents is 1. The van der Waals surface area contributed by atoms with Crippen molar-refractivity contribution in [3.05, 3.63) is 69.8 Å². The Kier molecular flexibility index (Phi) is 4.80. The minimum Gasteiger partial charge on any atom is -0.448 e. The molecule has 1 atom stereocenters. The molecule has 1 unspecified atom stereocenters. The fraction of sp³-hybridized carbons (Fsp3) is 0. The van der Waals surface area contributed by atoms with Crippen molar-refractivity contribution >= 4 is 27.1 Å². The molecule has 0 aliphatic heterocycles. The van der Waals surface area contributed by atoms with Crippen LogP contribution in [0.15, 0.2) is 48.5 Å². The first-order chi connectivity index (χ1) is 10.5. The summed E-state index contributed by atoms with van der Waals surface area (Å²) in [6, 6.07) is 11.0. The molecule has 0 aromatic heterocycles. The molecule has 0 aliphatic carbocycles.